The molecule has 1 atom stereocenters. The van der Waals surface area contributed by atoms with Crippen LogP contribution in [0.25, 0.3) is 11.0 Å². The van der Waals surface area contributed by atoms with Crippen molar-refractivity contribution in [3.8, 4) is 0 Å². The van der Waals surface area contributed by atoms with Crippen LogP contribution in [0.1, 0.15) is 148 Å². The highest BCUT2D eigenvalue weighted by atomic mass is 16.3. The molecule has 0 saturated heterocycles. The van der Waals surface area contributed by atoms with Gasteiger partial charge in [0.15, 0.2) is 0 Å². The molecule has 58 heavy (non-hydrogen) atoms. The zero-order chi connectivity index (χ0) is 40.7. The molecule has 9 rings (SSSR count). The van der Waals surface area contributed by atoms with E-state index in [4.69, 9.17) is 4.42 Å². The van der Waals surface area contributed by atoms with Crippen LogP contribution in [0.4, 0.5) is 34.1 Å². The summed E-state index contributed by atoms with van der Waals surface area (Å²) >= 11 is 0. The molecule has 2 aliphatic heterocycles. The average molecular weight is 767 g/mol. The van der Waals surface area contributed by atoms with Crippen molar-refractivity contribution in [3.63, 3.8) is 0 Å². The van der Waals surface area contributed by atoms with E-state index in [9.17, 15) is 0 Å². The molecule has 0 bridgehead atoms. The lowest BCUT2D eigenvalue weighted by Crippen LogP contribution is -2.61. The summed E-state index contributed by atoms with van der Waals surface area (Å²) in [7, 11) is 0. The number of anilines is 6. The lowest BCUT2D eigenvalue weighted by atomic mass is 9.35. The van der Waals surface area contributed by atoms with Gasteiger partial charge in [0.1, 0.15) is 5.58 Å². The van der Waals surface area contributed by atoms with E-state index in [1.54, 1.807) is 0 Å². The summed E-state index contributed by atoms with van der Waals surface area (Å²) in [6.45, 7) is 23.6. The molecule has 0 fully saturated rings. The number of unbranched alkanes of at least 4 members (excludes halogenated alkanes) is 1. The normalized spacial score (nSPS) is 16.8. The smallest absolute Gasteiger partial charge is 0.297 e. The summed E-state index contributed by atoms with van der Waals surface area (Å²) in [4.78, 5) is 5.11. The molecule has 1 unspecified atom stereocenters. The summed E-state index contributed by atoms with van der Waals surface area (Å²) < 4.78 is 7.32. The van der Waals surface area contributed by atoms with Crippen molar-refractivity contribution in [3.05, 3.63) is 125 Å². The first-order valence-corrected chi connectivity index (χ1v) is 22.4. The standard InChI is InChI=1S/C54H63BN2O/c1-11-14-17-35-20-24-39(25-21-35)56-45-28-23-38(52(4,5)6)33-44(45)55-49-46(56)18-15-19-47(49)57(40-26-27-42-43(34-40)54(9,10)31-30-53(42,7)8)50-41-32-37(36(13-3)16-12-2)22-29-48(41)58-51(50)55/h15,18-29,32-34,36H,11-14,16-17,30-31H2,1-10H3. The Bertz CT molecular complexity index is 2510. The van der Waals surface area contributed by atoms with E-state index in [0.717, 1.165) is 24.1 Å². The maximum atomic E-state index is 7.32. The van der Waals surface area contributed by atoms with E-state index in [-0.39, 0.29) is 23.0 Å². The Morgan fingerprint density at radius 1 is 0.707 bits per heavy atom. The molecular weight excluding hydrogens is 703 g/mol. The zero-order valence-electron chi connectivity index (χ0n) is 36.9. The van der Waals surface area contributed by atoms with E-state index >= 15 is 0 Å². The number of nitrogens with zero attached hydrogens (tertiary/aromatic N) is 2. The second-order valence-corrected chi connectivity index (χ2v) is 20.1. The van der Waals surface area contributed by atoms with Gasteiger partial charge < -0.3 is 14.2 Å². The van der Waals surface area contributed by atoms with E-state index < -0.39 is 0 Å². The van der Waals surface area contributed by atoms with Crippen LogP contribution in [0.3, 0.4) is 0 Å². The number of fused-ring (bicyclic) bond motifs is 7. The first-order valence-electron chi connectivity index (χ1n) is 22.4. The Balaban J connectivity index is 1.34. The van der Waals surface area contributed by atoms with E-state index in [1.165, 1.54) is 117 Å². The lowest BCUT2D eigenvalue weighted by Gasteiger charge is -2.44. The van der Waals surface area contributed by atoms with Gasteiger partial charge in [-0.2, -0.15) is 0 Å². The van der Waals surface area contributed by atoms with Gasteiger partial charge in [0.05, 0.1) is 11.3 Å². The third kappa shape index (κ3) is 6.23. The largest absolute Gasteiger partial charge is 0.468 e. The molecule has 0 amide bonds. The predicted molar refractivity (Wildman–Crippen MR) is 251 cm³/mol. The summed E-state index contributed by atoms with van der Waals surface area (Å²) in [6.07, 6.45) is 9.40. The minimum atomic E-state index is -0.0590. The fourth-order valence-corrected chi connectivity index (χ4v) is 10.6. The summed E-state index contributed by atoms with van der Waals surface area (Å²) in [5, 5.41) is 1.22. The van der Waals surface area contributed by atoms with Gasteiger partial charge in [-0.05, 0) is 154 Å². The van der Waals surface area contributed by atoms with E-state index in [0.29, 0.717) is 5.92 Å². The molecule has 298 valence electrons. The molecule has 6 aromatic rings. The number of rotatable bonds is 9. The Labute approximate surface area is 348 Å². The minimum Gasteiger partial charge on any atom is -0.468 e. The topological polar surface area (TPSA) is 19.6 Å². The van der Waals surface area contributed by atoms with Crippen LogP contribution in [0, 0.1) is 0 Å². The molecule has 0 saturated carbocycles. The molecular formula is C54H63BN2O. The minimum absolute atomic E-state index is 0.00888. The van der Waals surface area contributed by atoms with Gasteiger partial charge in [0, 0.05) is 33.8 Å². The Hall–Kier alpha value is -4.70. The Morgan fingerprint density at radius 2 is 1.41 bits per heavy atom. The summed E-state index contributed by atoms with van der Waals surface area (Å²) in [6, 6.07) is 38.1. The zero-order valence-corrected chi connectivity index (χ0v) is 36.9. The molecule has 3 heterocycles. The highest BCUT2D eigenvalue weighted by molar-refractivity contribution is 7.00. The van der Waals surface area contributed by atoms with E-state index in [2.05, 4.69) is 176 Å². The first kappa shape index (κ1) is 38.8. The van der Waals surface area contributed by atoms with Crippen molar-refractivity contribution in [2.75, 3.05) is 9.80 Å². The van der Waals surface area contributed by atoms with Crippen molar-refractivity contribution < 1.29 is 4.42 Å². The number of hydrogen-bond acceptors (Lipinski definition) is 3. The van der Waals surface area contributed by atoms with Crippen LogP contribution in [-0.2, 0) is 22.7 Å². The fourth-order valence-electron chi connectivity index (χ4n) is 10.6. The lowest BCUT2D eigenvalue weighted by molar-refractivity contribution is 0.332. The second-order valence-electron chi connectivity index (χ2n) is 20.1. The van der Waals surface area contributed by atoms with Crippen LogP contribution >= 0.6 is 0 Å². The highest BCUT2D eigenvalue weighted by Crippen LogP contribution is 2.51. The fraction of sp³-hybridized carbons (Fsp3) is 0.407. The number of benzene rings is 5. The second kappa shape index (κ2) is 14.2. The third-order valence-electron chi connectivity index (χ3n) is 14.2. The molecule has 0 spiro atoms. The highest BCUT2D eigenvalue weighted by Gasteiger charge is 2.47. The molecule has 0 N–H and O–H groups in total. The predicted octanol–water partition coefficient (Wildman–Crippen LogP) is 13.8. The van der Waals surface area contributed by atoms with Crippen LogP contribution in [0.15, 0.2) is 101 Å². The van der Waals surface area contributed by atoms with Crippen molar-refractivity contribution in [2.24, 2.45) is 0 Å². The number of aryl methyl sites for hydroxylation is 1. The Kier molecular flexibility index (Phi) is 9.53. The van der Waals surface area contributed by atoms with Gasteiger partial charge in [0.2, 0.25) is 0 Å². The van der Waals surface area contributed by atoms with Gasteiger partial charge in [-0.25, -0.2) is 0 Å². The first-order chi connectivity index (χ1) is 27.8. The van der Waals surface area contributed by atoms with Crippen LogP contribution < -0.4 is 26.4 Å². The number of furan rings is 1. The summed E-state index contributed by atoms with van der Waals surface area (Å²) in [5.41, 5.74) is 19.3. The molecule has 5 aromatic carbocycles. The van der Waals surface area contributed by atoms with Gasteiger partial charge in [-0.1, -0.05) is 125 Å². The van der Waals surface area contributed by atoms with Gasteiger partial charge >= 0.3 is 0 Å². The molecule has 3 nitrogen and oxygen atoms in total. The molecule has 0 radical (unpaired) electrons. The molecule has 3 aliphatic rings. The van der Waals surface area contributed by atoms with Crippen LogP contribution in [-0.4, -0.2) is 6.71 Å². The average Bonchev–Trinajstić information content (AvgIpc) is 3.59. The van der Waals surface area contributed by atoms with Crippen LogP contribution in [0.5, 0.6) is 0 Å². The van der Waals surface area contributed by atoms with Crippen LogP contribution in [0.2, 0.25) is 0 Å². The van der Waals surface area contributed by atoms with Crippen molar-refractivity contribution in [1.82, 2.24) is 0 Å². The number of hydrogen-bond donors (Lipinski definition) is 0. The molecule has 1 aromatic heterocycles. The monoisotopic (exact) mass is 767 g/mol. The van der Waals surface area contributed by atoms with Gasteiger partial charge in [0.25, 0.3) is 6.71 Å². The summed E-state index contributed by atoms with van der Waals surface area (Å²) in [5.74, 6) is 0.523. The van der Waals surface area contributed by atoms with Crippen molar-refractivity contribution in [2.45, 2.75) is 143 Å². The molecule has 4 heteroatoms. The van der Waals surface area contributed by atoms with Crippen molar-refractivity contribution in [1.29, 1.82) is 0 Å². The van der Waals surface area contributed by atoms with E-state index in [1.807, 2.05) is 0 Å². The SMILES string of the molecule is CCCCc1ccc(N2c3ccc(C(C)(C)C)cc3B3c4oc5ccc(C(CC)CCC)cc5c4N(c4ccc5c(c4)C(C)(C)CCC5(C)C)c4cccc2c43)cc1. The molecule has 1 aliphatic carbocycles. The maximum Gasteiger partial charge on any atom is 0.297 e. The third-order valence-corrected chi connectivity index (χ3v) is 14.2. The van der Waals surface area contributed by atoms with Gasteiger partial charge in [-0.15, -0.1) is 0 Å². The quantitative estimate of drug-likeness (QED) is 0.136. The Morgan fingerprint density at radius 3 is 2.10 bits per heavy atom. The van der Waals surface area contributed by atoms with Crippen molar-refractivity contribution >= 4 is 68.4 Å². The van der Waals surface area contributed by atoms with Gasteiger partial charge in [-0.3, -0.25) is 0 Å². The maximum absolute atomic E-state index is 7.32.